The normalized spacial score (nSPS) is 13.1. The van der Waals surface area contributed by atoms with Gasteiger partial charge in [0.05, 0.1) is 12.7 Å². The van der Waals surface area contributed by atoms with Crippen molar-refractivity contribution < 1.29 is 14.6 Å². The molecule has 6 heteroatoms. The van der Waals surface area contributed by atoms with Gasteiger partial charge in [-0.15, -0.1) is 0 Å². The number of methoxy groups -OCH3 is 1. The lowest BCUT2D eigenvalue weighted by molar-refractivity contribution is 0.102. The zero-order valence-electron chi connectivity index (χ0n) is 15.1. The monoisotopic (exact) mass is 363 g/mol. The van der Waals surface area contributed by atoms with Crippen molar-refractivity contribution in [1.29, 1.82) is 0 Å². The van der Waals surface area contributed by atoms with Gasteiger partial charge in [-0.05, 0) is 61.7 Å². The molecule has 27 heavy (non-hydrogen) atoms. The highest BCUT2D eigenvalue weighted by Crippen LogP contribution is 2.27. The molecule has 0 unspecified atom stereocenters. The summed E-state index contributed by atoms with van der Waals surface area (Å²) in [5.74, 6) is 0.997. The fourth-order valence-electron chi connectivity index (χ4n) is 3.39. The van der Waals surface area contributed by atoms with E-state index < -0.39 is 5.91 Å². The van der Waals surface area contributed by atoms with Crippen molar-refractivity contribution >= 4 is 11.6 Å². The van der Waals surface area contributed by atoms with Crippen molar-refractivity contribution in [1.82, 2.24) is 9.55 Å². The number of anilines is 1. The van der Waals surface area contributed by atoms with E-state index >= 15 is 0 Å². The van der Waals surface area contributed by atoms with Crippen LogP contribution < -0.4 is 10.1 Å². The van der Waals surface area contributed by atoms with Gasteiger partial charge in [0.1, 0.15) is 17.3 Å². The van der Waals surface area contributed by atoms with Crippen molar-refractivity contribution in [2.75, 3.05) is 12.4 Å². The Hall–Kier alpha value is -3.28. The molecule has 2 heterocycles. The number of rotatable bonds is 4. The number of amides is 1. The molecule has 1 aliphatic rings. The lowest BCUT2D eigenvalue weighted by Crippen LogP contribution is -2.12. The van der Waals surface area contributed by atoms with Gasteiger partial charge in [-0.2, -0.15) is 0 Å². The number of imidazole rings is 1. The number of aryl methyl sites for hydroxylation is 1. The van der Waals surface area contributed by atoms with Crippen LogP contribution in [0.5, 0.6) is 11.5 Å². The predicted octanol–water partition coefficient (Wildman–Crippen LogP) is 3.85. The summed E-state index contributed by atoms with van der Waals surface area (Å²) in [5.41, 5.74) is 3.12. The first-order chi connectivity index (χ1) is 13.2. The molecule has 0 bridgehead atoms. The molecule has 0 fully saturated rings. The maximum atomic E-state index is 12.5. The van der Waals surface area contributed by atoms with Crippen LogP contribution in [0.1, 0.15) is 28.9 Å². The number of benzene rings is 2. The summed E-state index contributed by atoms with van der Waals surface area (Å²) in [5, 5.41) is 12.7. The molecule has 0 aliphatic carbocycles. The Labute approximate surface area is 157 Å². The van der Waals surface area contributed by atoms with E-state index in [1.54, 1.807) is 6.07 Å². The number of nitrogens with one attached hydrogen (secondary N) is 1. The maximum Gasteiger partial charge on any atom is 0.259 e. The summed E-state index contributed by atoms with van der Waals surface area (Å²) in [6, 6.07) is 12.1. The molecule has 0 atom stereocenters. The highest BCUT2D eigenvalue weighted by molar-refractivity contribution is 6.06. The molecule has 1 aromatic heterocycles. The number of aromatic nitrogens is 2. The number of phenols is 1. The maximum absolute atomic E-state index is 12.5. The molecule has 3 aromatic rings. The van der Waals surface area contributed by atoms with Crippen LogP contribution in [0.4, 0.5) is 5.69 Å². The van der Waals surface area contributed by atoms with Gasteiger partial charge in [0.25, 0.3) is 5.91 Å². The zero-order chi connectivity index (χ0) is 18.8. The lowest BCUT2D eigenvalue weighted by atomic mass is 10.1. The van der Waals surface area contributed by atoms with Crippen molar-refractivity contribution in [2.24, 2.45) is 0 Å². The first-order valence-electron chi connectivity index (χ1n) is 8.99. The summed E-state index contributed by atoms with van der Waals surface area (Å²) >= 11 is 0. The molecular weight excluding hydrogens is 342 g/mol. The Bertz CT molecular complexity index is 977. The van der Waals surface area contributed by atoms with E-state index in [-0.39, 0.29) is 11.3 Å². The SMILES string of the molecule is COc1ccc(O)c(C(=O)Nc2ccc(-c3ncc4n3CCCC4)cc2)c1. The van der Waals surface area contributed by atoms with Crippen LogP contribution in [0, 0.1) is 0 Å². The third-order valence-corrected chi connectivity index (χ3v) is 4.85. The van der Waals surface area contributed by atoms with Crippen molar-refractivity contribution in [3.8, 4) is 22.9 Å². The van der Waals surface area contributed by atoms with Gasteiger partial charge in [0.2, 0.25) is 0 Å². The third kappa shape index (κ3) is 3.38. The average molecular weight is 363 g/mol. The van der Waals surface area contributed by atoms with E-state index in [0.29, 0.717) is 11.4 Å². The van der Waals surface area contributed by atoms with Gasteiger partial charge in [0, 0.05) is 29.7 Å². The summed E-state index contributed by atoms with van der Waals surface area (Å²) in [6.45, 7) is 0.998. The number of carbonyl (C=O) groups is 1. The number of fused-ring (bicyclic) bond motifs is 1. The highest BCUT2D eigenvalue weighted by Gasteiger charge is 2.16. The van der Waals surface area contributed by atoms with E-state index in [1.165, 1.54) is 37.8 Å². The fourth-order valence-corrected chi connectivity index (χ4v) is 3.39. The standard InChI is InChI=1S/C21H21N3O3/c1-27-17-9-10-19(25)18(12-17)21(26)23-15-7-5-14(6-8-15)20-22-13-16-4-2-3-11-24(16)20/h5-10,12-13,25H,2-4,11H2,1H3,(H,23,26). The number of aromatic hydroxyl groups is 1. The number of phenolic OH excluding ortho intramolecular Hbond substituents is 1. The van der Waals surface area contributed by atoms with Gasteiger partial charge >= 0.3 is 0 Å². The molecule has 0 radical (unpaired) electrons. The van der Waals surface area contributed by atoms with Crippen LogP contribution in [0.25, 0.3) is 11.4 Å². The molecule has 0 spiro atoms. The van der Waals surface area contributed by atoms with Crippen molar-refractivity contribution in [3.05, 3.63) is 59.9 Å². The second-order valence-electron chi connectivity index (χ2n) is 6.60. The minimum Gasteiger partial charge on any atom is -0.507 e. The topological polar surface area (TPSA) is 76.4 Å². The lowest BCUT2D eigenvalue weighted by Gasteiger charge is -2.16. The number of hydrogen-bond donors (Lipinski definition) is 2. The molecule has 6 nitrogen and oxygen atoms in total. The van der Waals surface area contributed by atoms with Gasteiger partial charge in [-0.3, -0.25) is 4.79 Å². The molecule has 2 N–H and O–H groups in total. The Kier molecular flexibility index (Phi) is 4.54. The van der Waals surface area contributed by atoms with Gasteiger partial charge in [0.15, 0.2) is 0 Å². The largest absolute Gasteiger partial charge is 0.507 e. The van der Waals surface area contributed by atoms with Crippen molar-refractivity contribution in [3.63, 3.8) is 0 Å². The molecule has 138 valence electrons. The predicted molar refractivity (Wildman–Crippen MR) is 103 cm³/mol. The minimum absolute atomic E-state index is 0.0890. The summed E-state index contributed by atoms with van der Waals surface area (Å²) in [4.78, 5) is 17.0. The Morgan fingerprint density at radius 3 is 2.78 bits per heavy atom. The highest BCUT2D eigenvalue weighted by atomic mass is 16.5. The average Bonchev–Trinajstić information content (AvgIpc) is 3.13. The third-order valence-electron chi connectivity index (χ3n) is 4.85. The quantitative estimate of drug-likeness (QED) is 0.738. The second-order valence-corrected chi connectivity index (χ2v) is 6.60. The summed E-state index contributed by atoms with van der Waals surface area (Å²) < 4.78 is 7.38. The molecule has 2 aromatic carbocycles. The first-order valence-corrected chi connectivity index (χ1v) is 8.99. The molecule has 1 amide bonds. The van der Waals surface area contributed by atoms with E-state index in [0.717, 1.165) is 24.4 Å². The van der Waals surface area contributed by atoms with Gasteiger partial charge in [-0.25, -0.2) is 4.98 Å². The molecule has 0 saturated carbocycles. The van der Waals surface area contributed by atoms with E-state index in [1.807, 2.05) is 30.5 Å². The van der Waals surface area contributed by atoms with E-state index in [4.69, 9.17) is 4.74 Å². The zero-order valence-corrected chi connectivity index (χ0v) is 15.1. The van der Waals surface area contributed by atoms with Crippen LogP contribution in [0.15, 0.2) is 48.7 Å². The smallest absolute Gasteiger partial charge is 0.259 e. The van der Waals surface area contributed by atoms with E-state index in [2.05, 4.69) is 14.9 Å². The molecule has 4 rings (SSSR count). The van der Waals surface area contributed by atoms with Crippen LogP contribution >= 0.6 is 0 Å². The molecule has 1 aliphatic heterocycles. The van der Waals surface area contributed by atoms with Gasteiger partial charge < -0.3 is 19.7 Å². The summed E-state index contributed by atoms with van der Waals surface area (Å²) in [6.07, 6.45) is 5.42. The Morgan fingerprint density at radius 2 is 2.00 bits per heavy atom. The first kappa shape index (κ1) is 17.1. The second kappa shape index (κ2) is 7.15. The number of ether oxygens (including phenoxy) is 1. The molecular formula is C21H21N3O3. The Balaban J connectivity index is 1.53. The van der Waals surface area contributed by atoms with Crippen molar-refractivity contribution in [2.45, 2.75) is 25.8 Å². The van der Waals surface area contributed by atoms with Crippen LogP contribution in [0.2, 0.25) is 0 Å². The van der Waals surface area contributed by atoms with Crippen LogP contribution in [-0.2, 0) is 13.0 Å². The number of nitrogens with zero attached hydrogens (tertiary/aromatic N) is 2. The van der Waals surface area contributed by atoms with E-state index in [9.17, 15) is 9.90 Å². The number of hydrogen-bond acceptors (Lipinski definition) is 4. The van der Waals surface area contributed by atoms with Crippen LogP contribution in [0.3, 0.4) is 0 Å². The molecule has 0 saturated heterocycles. The number of carbonyl (C=O) groups excluding carboxylic acids is 1. The van der Waals surface area contributed by atoms with Gasteiger partial charge in [-0.1, -0.05) is 0 Å². The summed E-state index contributed by atoms with van der Waals surface area (Å²) in [7, 11) is 1.52. The minimum atomic E-state index is -0.391. The fraction of sp³-hybridized carbons (Fsp3) is 0.238. The van der Waals surface area contributed by atoms with Crippen LogP contribution in [-0.4, -0.2) is 27.7 Å². The Morgan fingerprint density at radius 1 is 1.19 bits per heavy atom.